The molecule has 3 aromatic heterocycles. The fourth-order valence-electron chi connectivity index (χ4n) is 13.4. The average molecular weight is 1190 g/mol. The van der Waals surface area contributed by atoms with E-state index in [0.29, 0.717) is 39.0 Å². The zero-order valence-electron chi connectivity index (χ0n) is 50.7. The molecule has 0 aliphatic rings. The number of rotatable bonds is 9. The van der Waals surface area contributed by atoms with Crippen LogP contribution in [0.25, 0.3) is 134 Å². The summed E-state index contributed by atoms with van der Waals surface area (Å²) in [5.41, 5.74) is 18.6. The molecule has 0 bridgehead atoms. The molecule has 0 aliphatic carbocycles. The quantitative estimate of drug-likeness (QED) is 0.135. The van der Waals surface area contributed by atoms with Gasteiger partial charge in [-0.15, -0.1) is 0 Å². The van der Waals surface area contributed by atoms with E-state index in [1.165, 1.54) is 12.1 Å². The van der Waals surface area contributed by atoms with Crippen LogP contribution in [0.5, 0.6) is 0 Å². The van der Waals surface area contributed by atoms with Gasteiger partial charge in [0.15, 0.2) is 17.5 Å². The summed E-state index contributed by atoms with van der Waals surface area (Å²) in [6.07, 6.45) is -9.65. The highest BCUT2D eigenvalue weighted by Crippen LogP contribution is 2.45. The Kier molecular flexibility index (Phi) is 13.8. The molecule has 14 rings (SSSR count). The van der Waals surface area contributed by atoms with Crippen LogP contribution in [-0.2, 0) is 12.4 Å². The van der Waals surface area contributed by atoms with Gasteiger partial charge < -0.3 is 9.13 Å². The fourth-order valence-corrected chi connectivity index (χ4v) is 13.4. The maximum absolute atomic E-state index is 15.4. The van der Waals surface area contributed by atoms with Crippen LogP contribution in [-0.4, -0.2) is 24.1 Å². The molecule has 3 heterocycles. The lowest BCUT2D eigenvalue weighted by Gasteiger charge is -2.19. The average Bonchev–Trinajstić information content (AvgIpc) is 1.55. The van der Waals surface area contributed by atoms with Crippen LogP contribution in [0, 0.1) is 55.4 Å². The number of hydrogen-bond donors (Lipinski definition) is 0. The molecule has 0 radical (unpaired) electrons. The van der Waals surface area contributed by atoms with E-state index in [2.05, 4.69) is 152 Å². The number of fused-ring (bicyclic) bond motifs is 6. The first-order chi connectivity index (χ1) is 43.1. The van der Waals surface area contributed by atoms with Crippen LogP contribution in [0.4, 0.5) is 26.3 Å². The van der Waals surface area contributed by atoms with Gasteiger partial charge in [-0.2, -0.15) is 26.3 Å². The van der Waals surface area contributed by atoms with E-state index in [1.54, 1.807) is 30.3 Å². The Labute approximate surface area is 517 Å². The van der Waals surface area contributed by atoms with Crippen LogP contribution >= 0.6 is 0 Å². The van der Waals surface area contributed by atoms with E-state index < -0.39 is 23.5 Å². The van der Waals surface area contributed by atoms with Crippen LogP contribution in [0.15, 0.2) is 212 Å². The summed E-state index contributed by atoms with van der Waals surface area (Å²) >= 11 is 0. The summed E-state index contributed by atoms with van der Waals surface area (Å²) in [6, 6.07) is 66.0. The van der Waals surface area contributed by atoms with E-state index >= 15 is 26.3 Å². The van der Waals surface area contributed by atoms with Crippen LogP contribution in [0.3, 0.4) is 0 Å². The smallest absolute Gasteiger partial charge is 0.309 e. The van der Waals surface area contributed by atoms with Crippen LogP contribution in [0.2, 0.25) is 0 Å². The SMILES string of the molecule is Cc1cc(C)cc(-c2ccc3c(c2)c2cc(-c4cc(C)cc(C)c4)ccc2n3-c2ccc(C(F)(F)F)cc2-c2nc(-c3ccccc3)nc(-c3cc(C(F)(F)F)ccc3-n3c4ccc(-c5cc(C)cc(C)c5)cc4c4cc(-c5cc(C)cc(C)c5)ccc43)n2)c1. The Morgan fingerprint density at radius 3 is 0.811 bits per heavy atom. The summed E-state index contributed by atoms with van der Waals surface area (Å²) in [7, 11) is 0. The molecule has 0 spiro atoms. The van der Waals surface area contributed by atoms with E-state index in [-0.39, 0.29) is 28.6 Å². The molecular formula is C79H59F6N5. The first-order valence-corrected chi connectivity index (χ1v) is 29.8. The van der Waals surface area contributed by atoms with Gasteiger partial charge in [-0.1, -0.05) is 172 Å². The second-order valence-electron chi connectivity index (χ2n) is 24.2. The topological polar surface area (TPSA) is 48.5 Å². The number of benzene rings is 11. The van der Waals surface area contributed by atoms with Gasteiger partial charge in [0.25, 0.3) is 0 Å². The summed E-state index contributed by atoms with van der Waals surface area (Å²) in [6.45, 7) is 16.5. The maximum Gasteiger partial charge on any atom is 0.416 e. The van der Waals surface area contributed by atoms with Crippen molar-refractivity contribution in [2.45, 2.75) is 67.7 Å². The number of hydrogen-bond acceptors (Lipinski definition) is 3. The summed E-state index contributed by atoms with van der Waals surface area (Å²) in [5, 5.41) is 3.40. The van der Waals surface area contributed by atoms with Crippen molar-refractivity contribution in [3.05, 3.63) is 268 Å². The molecular weight excluding hydrogens is 1130 g/mol. The number of halogens is 6. The zero-order chi connectivity index (χ0) is 62.7. The van der Waals surface area contributed by atoms with Crippen molar-refractivity contribution in [1.29, 1.82) is 0 Å². The molecule has 11 aromatic carbocycles. The van der Waals surface area contributed by atoms with Crippen LogP contribution in [0.1, 0.15) is 55.6 Å². The normalized spacial score (nSPS) is 12.1. The van der Waals surface area contributed by atoms with Crippen molar-refractivity contribution in [3.63, 3.8) is 0 Å². The highest BCUT2D eigenvalue weighted by atomic mass is 19.4. The Balaban J connectivity index is 1.05. The van der Waals surface area contributed by atoms with Gasteiger partial charge in [-0.3, -0.25) is 0 Å². The van der Waals surface area contributed by atoms with Gasteiger partial charge in [0.2, 0.25) is 0 Å². The van der Waals surface area contributed by atoms with Crippen molar-refractivity contribution < 1.29 is 26.3 Å². The highest BCUT2D eigenvalue weighted by molar-refractivity contribution is 6.13. The largest absolute Gasteiger partial charge is 0.416 e. The molecule has 5 nitrogen and oxygen atoms in total. The van der Waals surface area contributed by atoms with Gasteiger partial charge in [0, 0.05) is 38.2 Å². The third kappa shape index (κ3) is 10.6. The Morgan fingerprint density at radius 2 is 0.533 bits per heavy atom. The number of aryl methyl sites for hydroxylation is 8. The van der Waals surface area contributed by atoms with E-state index in [4.69, 9.17) is 15.0 Å². The number of alkyl halides is 6. The molecule has 0 amide bonds. The summed E-state index contributed by atoms with van der Waals surface area (Å²) in [5.74, 6) is -0.329. The van der Waals surface area contributed by atoms with E-state index in [9.17, 15) is 0 Å². The van der Waals surface area contributed by atoms with E-state index in [0.717, 1.165) is 135 Å². The molecule has 0 atom stereocenters. The highest BCUT2D eigenvalue weighted by Gasteiger charge is 2.35. The van der Waals surface area contributed by atoms with Crippen molar-refractivity contribution in [2.75, 3.05) is 0 Å². The summed E-state index contributed by atoms with van der Waals surface area (Å²) in [4.78, 5) is 15.2. The fraction of sp³-hybridized carbons (Fsp3) is 0.127. The summed E-state index contributed by atoms with van der Waals surface area (Å²) < 4.78 is 96.5. The molecule has 0 fully saturated rings. The minimum atomic E-state index is -4.82. The Morgan fingerprint density at radius 1 is 0.256 bits per heavy atom. The molecule has 0 N–H and O–H groups in total. The van der Waals surface area contributed by atoms with E-state index in [1.807, 2.05) is 57.7 Å². The molecule has 0 unspecified atom stereocenters. The lowest BCUT2D eigenvalue weighted by Crippen LogP contribution is -2.10. The third-order valence-corrected chi connectivity index (χ3v) is 17.0. The third-order valence-electron chi connectivity index (χ3n) is 17.0. The molecule has 0 saturated heterocycles. The predicted molar refractivity (Wildman–Crippen MR) is 354 cm³/mol. The Hall–Kier alpha value is -10.4. The van der Waals surface area contributed by atoms with Gasteiger partial charge in [0.1, 0.15) is 0 Å². The van der Waals surface area contributed by atoms with Crippen molar-refractivity contribution in [2.24, 2.45) is 0 Å². The minimum Gasteiger partial charge on any atom is -0.309 e. The Bertz CT molecular complexity index is 4660. The van der Waals surface area contributed by atoms with Gasteiger partial charge in [-0.25, -0.2) is 15.0 Å². The second-order valence-corrected chi connectivity index (χ2v) is 24.2. The number of aromatic nitrogens is 5. The first kappa shape index (κ1) is 57.4. The monoisotopic (exact) mass is 1190 g/mol. The lowest BCUT2D eigenvalue weighted by molar-refractivity contribution is -0.138. The van der Waals surface area contributed by atoms with Crippen molar-refractivity contribution in [3.8, 4) is 90.0 Å². The lowest BCUT2D eigenvalue weighted by atomic mass is 9.97. The van der Waals surface area contributed by atoms with Crippen LogP contribution < -0.4 is 0 Å². The minimum absolute atomic E-state index is 0.0237. The van der Waals surface area contributed by atoms with Gasteiger partial charge in [0.05, 0.1) is 44.6 Å². The zero-order valence-corrected chi connectivity index (χ0v) is 50.7. The molecule has 442 valence electrons. The molecule has 0 aliphatic heterocycles. The van der Waals surface area contributed by atoms with Gasteiger partial charge >= 0.3 is 12.4 Å². The molecule has 11 heteroatoms. The molecule has 0 saturated carbocycles. The van der Waals surface area contributed by atoms with Crippen molar-refractivity contribution in [1.82, 2.24) is 24.1 Å². The number of nitrogens with zero attached hydrogens (tertiary/aromatic N) is 5. The predicted octanol–water partition coefficient (Wildman–Crippen LogP) is 22.2. The standard InChI is InChI=1S/C79H59F6N5/c1-44-26-45(2)31-57(30-44)53-14-20-69-63(38-53)64-39-54(58-32-46(3)27-47(4)33-58)15-21-70(64)89(69)73-24-18-61(78(80,81)82)42-67(73)76-86-75(52-12-10-9-11-13-52)87-77(88-76)68-43-62(79(83,84)85)19-25-74(68)90-71-22-16-55(59-34-48(5)28-49(6)35-59)40-65(71)66-41-56(17-23-72(66)90)60-36-50(7)29-51(8)37-60/h9-43H,1-8H3. The first-order valence-electron chi connectivity index (χ1n) is 29.8. The molecule has 14 aromatic rings. The van der Waals surface area contributed by atoms with Gasteiger partial charge in [-0.05, 0) is 185 Å². The molecule has 90 heavy (non-hydrogen) atoms. The maximum atomic E-state index is 15.4. The second kappa shape index (κ2) is 21.7. The van der Waals surface area contributed by atoms with Crippen molar-refractivity contribution >= 4 is 43.6 Å².